The fourth-order valence-electron chi connectivity index (χ4n) is 15.5. The summed E-state index contributed by atoms with van der Waals surface area (Å²) < 4.78 is 25.9. The SMILES string of the molecule is CN=C(NC(=N)N(CCCCCCNC1CC(C)(C)N(CC(O)COC2CC(C)(C)N(OC)C(C)(C)C2)C(C)(C)C1)C1CC(C)(C)N2CC(COC3CC(C)(C)N(OC)C(C)(C)C3)OC2(C)C1)N1CCOCC1. The summed E-state index contributed by atoms with van der Waals surface area (Å²) in [6.45, 7) is 41.0. The molecule has 0 spiro atoms. The number of likely N-dealkylation sites (tertiary alicyclic amines) is 1. The van der Waals surface area contributed by atoms with Gasteiger partial charge in [0, 0.05) is 97.0 Å². The van der Waals surface area contributed by atoms with Gasteiger partial charge in [0.15, 0.2) is 5.96 Å². The number of β-amino-alcohol motifs (C(OH)–C–C–N with tert-alkyl or cyclic N) is 1. The second-order valence-corrected chi connectivity index (χ2v) is 27.5. The van der Waals surface area contributed by atoms with Gasteiger partial charge in [-0.05, 0) is 168 Å². The Kier molecular flexibility index (Phi) is 19.6. The van der Waals surface area contributed by atoms with Gasteiger partial charge in [0.2, 0.25) is 5.96 Å². The molecule has 6 fully saturated rings. The first-order chi connectivity index (χ1) is 33.9. The molecule has 4 atom stereocenters. The molecule has 6 aliphatic heterocycles. The van der Waals surface area contributed by atoms with E-state index in [-0.39, 0.29) is 63.1 Å². The number of nitrogens with one attached hydrogen (secondary N) is 3. The Bertz CT molecular complexity index is 1770. The van der Waals surface area contributed by atoms with Crippen LogP contribution in [0.25, 0.3) is 0 Å². The summed E-state index contributed by atoms with van der Waals surface area (Å²) in [4.78, 5) is 25.9. The van der Waals surface area contributed by atoms with E-state index < -0.39 is 11.8 Å². The number of aliphatic imine (C=N–C) groups is 1. The number of aliphatic hydroxyl groups excluding tert-OH is 1. The minimum absolute atomic E-state index is 0.0334. The number of unbranched alkanes of at least 4 members (excludes halogenated alkanes) is 3. The van der Waals surface area contributed by atoms with Crippen LogP contribution in [0.5, 0.6) is 0 Å². The highest BCUT2D eigenvalue weighted by Crippen LogP contribution is 2.47. The van der Waals surface area contributed by atoms with Crippen LogP contribution in [0.3, 0.4) is 0 Å². The quantitative estimate of drug-likeness (QED) is 0.0585. The van der Waals surface area contributed by atoms with Crippen LogP contribution in [0, 0.1) is 5.41 Å². The van der Waals surface area contributed by atoms with Crippen molar-refractivity contribution in [2.45, 2.75) is 262 Å². The molecular weight excluding hydrogens is 925 g/mol. The van der Waals surface area contributed by atoms with Crippen molar-refractivity contribution in [1.82, 2.24) is 40.4 Å². The second kappa shape index (κ2) is 23.7. The molecule has 4 N–H and O–H groups in total. The van der Waals surface area contributed by atoms with Gasteiger partial charge < -0.3 is 48.8 Å². The van der Waals surface area contributed by atoms with Crippen molar-refractivity contribution < 1.29 is 33.7 Å². The third kappa shape index (κ3) is 14.7. The smallest absolute Gasteiger partial charge is 0.200 e. The predicted molar refractivity (Wildman–Crippen MR) is 293 cm³/mol. The zero-order valence-electron chi connectivity index (χ0n) is 49.5. The molecule has 0 bridgehead atoms. The van der Waals surface area contributed by atoms with Gasteiger partial charge in [-0.1, -0.05) is 12.8 Å². The van der Waals surface area contributed by atoms with E-state index in [9.17, 15) is 10.5 Å². The first-order valence-corrected chi connectivity index (χ1v) is 28.4. The van der Waals surface area contributed by atoms with Crippen molar-refractivity contribution in [3.8, 4) is 0 Å². The molecule has 17 nitrogen and oxygen atoms in total. The molecule has 73 heavy (non-hydrogen) atoms. The minimum Gasteiger partial charge on any atom is -0.389 e. The highest BCUT2D eigenvalue weighted by molar-refractivity contribution is 5.97. The summed E-state index contributed by atoms with van der Waals surface area (Å²) in [6, 6.07) is 0.506. The fraction of sp³-hybridized carbons (Fsp3) is 0.964. The van der Waals surface area contributed by atoms with Gasteiger partial charge >= 0.3 is 0 Å². The lowest BCUT2D eigenvalue weighted by atomic mass is 9.76. The van der Waals surface area contributed by atoms with Crippen LogP contribution in [-0.4, -0.2) is 215 Å². The largest absolute Gasteiger partial charge is 0.389 e. The Hall–Kier alpha value is -1.74. The number of piperidine rings is 4. The second-order valence-electron chi connectivity index (χ2n) is 27.5. The molecule has 6 aliphatic rings. The zero-order chi connectivity index (χ0) is 54.0. The highest BCUT2D eigenvalue weighted by Gasteiger charge is 2.56. The molecule has 6 rings (SSSR count). The van der Waals surface area contributed by atoms with Crippen molar-refractivity contribution in [3.63, 3.8) is 0 Å². The number of hydrogen-bond donors (Lipinski definition) is 4. The van der Waals surface area contributed by atoms with Crippen molar-refractivity contribution in [2.75, 3.05) is 87.0 Å². The van der Waals surface area contributed by atoms with Crippen LogP contribution < -0.4 is 10.6 Å². The molecule has 6 saturated heterocycles. The Morgan fingerprint density at radius 2 is 1.23 bits per heavy atom. The van der Waals surface area contributed by atoms with Crippen molar-refractivity contribution >= 4 is 11.9 Å². The van der Waals surface area contributed by atoms with Crippen molar-refractivity contribution in [2.24, 2.45) is 4.99 Å². The van der Waals surface area contributed by atoms with Gasteiger partial charge in [0.1, 0.15) is 5.72 Å². The number of ether oxygens (including phenoxy) is 4. The van der Waals surface area contributed by atoms with Gasteiger partial charge in [0.05, 0.1) is 65.1 Å². The van der Waals surface area contributed by atoms with E-state index in [1.54, 1.807) is 14.2 Å². The first-order valence-electron chi connectivity index (χ1n) is 28.4. The van der Waals surface area contributed by atoms with Crippen LogP contribution in [0.4, 0.5) is 0 Å². The number of morpholine rings is 1. The molecule has 0 saturated carbocycles. The van der Waals surface area contributed by atoms with E-state index in [0.29, 0.717) is 45.0 Å². The van der Waals surface area contributed by atoms with E-state index in [1.165, 1.54) is 0 Å². The van der Waals surface area contributed by atoms with E-state index in [0.717, 1.165) is 116 Å². The maximum absolute atomic E-state index is 11.4. The van der Waals surface area contributed by atoms with Gasteiger partial charge in [-0.25, -0.2) is 0 Å². The number of hydrogen-bond acceptors (Lipinski definition) is 14. The van der Waals surface area contributed by atoms with E-state index in [4.69, 9.17) is 28.6 Å². The number of guanidine groups is 2. The molecule has 4 unspecified atom stereocenters. The zero-order valence-corrected chi connectivity index (χ0v) is 49.5. The highest BCUT2D eigenvalue weighted by atomic mass is 16.7. The van der Waals surface area contributed by atoms with Crippen LogP contribution in [0.1, 0.15) is 181 Å². The van der Waals surface area contributed by atoms with Crippen molar-refractivity contribution in [3.05, 3.63) is 0 Å². The predicted octanol–water partition coefficient (Wildman–Crippen LogP) is 7.22. The Morgan fingerprint density at radius 3 is 1.77 bits per heavy atom. The lowest BCUT2D eigenvalue weighted by Gasteiger charge is -2.56. The molecule has 424 valence electrons. The van der Waals surface area contributed by atoms with Gasteiger partial charge in [-0.15, -0.1) is 0 Å². The van der Waals surface area contributed by atoms with Crippen LogP contribution >= 0.6 is 0 Å². The molecule has 0 amide bonds. The molecular formula is C56H108N10O7. The van der Waals surface area contributed by atoms with Gasteiger partial charge in [-0.3, -0.25) is 25.5 Å². The van der Waals surface area contributed by atoms with Crippen molar-refractivity contribution in [1.29, 1.82) is 5.41 Å². The molecule has 0 aromatic carbocycles. The Balaban J connectivity index is 0.999. The third-order valence-corrected chi connectivity index (χ3v) is 17.6. The fourth-order valence-corrected chi connectivity index (χ4v) is 15.5. The summed E-state index contributed by atoms with van der Waals surface area (Å²) in [5, 5.41) is 32.7. The lowest BCUT2D eigenvalue weighted by molar-refractivity contribution is -0.281. The maximum Gasteiger partial charge on any atom is 0.200 e. The van der Waals surface area contributed by atoms with Crippen LogP contribution in [0.2, 0.25) is 0 Å². The van der Waals surface area contributed by atoms with Crippen LogP contribution in [0.15, 0.2) is 4.99 Å². The number of nitrogens with zero attached hydrogens (tertiary/aromatic N) is 7. The molecule has 0 aromatic heterocycles. The molecule has 0 radical (unpaired) electrons. The standard InChI is InChI=1S/C56H108N10O7/c1-49(2)29-41(30-50(3,4)63(49)37-43(67)39-71-44-33-52(7,8)65(68-17)53(9,10)34-44)59-23-21-19-20-22-24-62(47(57)60-48(58-16)61-25-27-70-28-26-61)42-31-51(5,6)64-38-46(73-56(64,15)32-42)40-72-45-35-54(11,12)66(69-18)55(13,14)36-45/h41-46,59,67H,19-40H2,1-18H3,(H2,57,58,60). The van der Waals surface area contributed by atoms with Gasteiger partial charge in [0.25, 0.3) is 0 Å². The minimum atomic E-state index is -0.565. The summed E-state index contributed by atoms with van der Waals surface area (Å²) in [5.74, 6) is 1.14. The van der Waals surface area contributed by atoms with E-state index in [1.807, 2.05) is 7.05 Å². The van der Waals surface area contributed by atoms with E-state index in [2.05, 4.69) is 149 Å². The van der Waals surface area contributed by atoms with Gasteiger partial charge in [-0.2, -0.15) is 10.1 Å². The Labute approximate surface area is 443 Å². The number of aliphatic hydroxyl groups is 1. The molecule has 17 heteroatoms. The summed E-state index contributed by atoms with van der Waals surface area (Å²) in [7, 11) is 5.34. The summed E-state index contributed by atoms with van der Waals surface area (Å²) in [6.07, 6.45) is 11.2. The monoisotopic (exact) mass is 1030 g/mol. The number of hydroxylamine groups is 4. The summed E-state index contributed by atoms with van der Waals surface area (Å²) >= 11 is 0. The third-order valence-electron chi connectivity index (χ3n) is 17.6. The lowest BCUT2D eigenvalue weighted by Crippen LogP contribution is -2.65. The number of rotatable bonds is 19. The van der Waals surface area contributed by atoms with E-state index >= 15 is 0 Å². The summed E-state index contributed by atoms with van der Waals surface area (Å²) in [5.41, 5.74) is -1.41. The molecule has 0 aliphatic carbocycles. The van der Waals surface area contributed by atoms with Crippen LogP contribution in [-0.2, 0) is 28.6 Å². The maximum atomic E-state index is 11.4. The first kappa shape index (κ1) is 60.5. The molecule has 0 aromatic rings. The average Bonchev–Trinajstić information content (AvgIpc) is 3.62. The average molecular weight is 1030 g/mol. The normalized spacial score (nSPS) is 30.6. The number of fused-ring (bicyclic) bond motifs is 1. The molecule has 6 heterocycles. The Morgan fingerprint density at radius 1 is 0.699 bits per heavy atom. The topological polar surface area (TPSA) is 155 Å².